The van der Waals surface area contributed by atoms with Crippen molar-refractivity contribution in [3.8, 4) is 0 Å². The summed E-state index contributed by atoms with van der Waals surface area (Å²) in [4.78, 5) is 25.2. The van der Waals surface area contributed by atoms with E-state index in [9.17, 15) is 9.59 Å². The lowest BCUT2D eigenvalue weighted by Crippen LogP contribution is -2.52. The Bertz CT molecular complexity index is 565. The van der Waals surface area contributed by atoms with Crippen LogP contribution in [0.2, 0.25) is 0 Å². The van der Waals surface area contributed by atoms with Crippen LogP contribution in [-0.4, -0.2) is 42.5 Å². The van der Waals surface area contributed by atoms with Crippen LogP contribution in [0.3, 0.4) is 0 Å². The van der Waals surface area contributed by atoms with E-state index in [1.54, 1.807) is 11.9 Å². The monoisotopic (exact) mass is 317 g/mol. The number of hydrogen-bond donors (Lipinski definition) is 2. The summed E-state index contributed by atoms with van der Waals surface area (Å²) in [6, 6.07) is 6.39. The van der Waals surface area contributed by atoms with Gasteiger partial charge in [0.05, 0.1) is 0 Å². The molecule has 0 aliphatic carbocycles. The van der Waals surface area contributed by atoms with Crippen molar-refractivity contribution in [2.45, 2.75) is 52.1 Å². The fraction of sp³-hybridized carbons (Fsp3) is 0.556. The van der Waals surface area contributed by atoms with Crippen molar-refractivity contribution < 1.29 is 9.59 Å². The van der Waals surface area contributed by atoms with Crippen LogP contribution in [0.4, 0.5) is 4.79 Å². The van der Waals surface area contributed by atoms with Gasteiger partial charge in [-0.3, -0.25) is 4.79 Å². The fourth-order valence-electron chi connectivity index (χ4n) is 3.17. The van der Waals surface area contributed by atoms with E-state index in [0.29, 0.717) is 19.4 Å². The Morgan fingerprint density at radius 1 is 1.30 bits per heavy atom. The van der Waals surface area contributed by atoms with Crippen LogP contribution < -0.4 is 10.6 Å². The third kappa shape index (κ3) is 5.27. The number of urea groups is 1. The summed E-state index contributed by atoms with van der Waals surface area (Å²) < 4.78 is 0. The average molecular weight is 317 g/mol. The summed E-state index contributed by atoms with van der Waals surface area (Å²) in [7, 11) is 1.77. The Hall–Kier alpha value is -2.04. The highest BCUT2D eigenvalue weighted by atomic mass is 16.2. The first-order valence-corrected chi connectivity index (χ1v) is 8.21. The summed E-state index contributed by atoms with van der Waals surface area (Å²) >= 11 is 0. The molecule has 1 fully saturated rings. The molecule has 1 saturated heterocycles. The number of rotatable bonds is 4. The third-order valence-corrected chi connectivity index (χ3v) is 4.16. The topological polar surface area (TPSA) is 61.4 Å². The molecule has 1 aromatic carbocycles. The predicted octanol–water partition coefficient (Wildman–Crippen LogP) is 2.15. The van der Waals surface area contributed by atoms with Gasteiger partial charge in [0.15, 0.2) is 0 Å². The van der Waals surface area contributed by atoms with Gasteiger partial charge in [-0.1, -0.05) is 29.3 Å². The second kappa shape index (κ2) is 7.49. The molecule has 2 rings (SSSR count). The molecule has 2 N–H and O–H groups in total. The number of carbonyl (C=O) groups is 2. The minimum Gasteiger partial charge on any atom is -0.344 e. The van der Waals surface area contributed by atoms with Gasteiger partial charge in [0, 0.05) is 32.1 Å². The molecule has 5 heteroatoms. The zero-order valence-electron chi connectivity index (χ0n) is 14.5. The minimum absolute atomic E-state index is 0.0334. The standard InChI is InChI=1S/C18H27N3O2/c1-12-7-13(2)9-15(8-12)10-14(3)19-18(23)20-16-5-6-17(22)21(4)11-16/h7-9,14,16H,5-6,10-11H2,1-4H3,(H2,19,20,23). The zero-order chi connectivity index (χ0) is 17.0. The van der Waals surface area contributed by atoms with Gasteiger partial charge in [-0.15, -0.1) is 0 Å². The van der Waals surface area contributed by atoms with Crippen molar-refractivity contribution in [3.63, 3.8) is 0 Å². The highest BCUT2D eigenvalue weighted by Gasteiger charge is 2.24. The second-order valence-corrected chi connectivity index (χ2v) is 6.73. The molecule has 2 atom stereocenters. The Morgan fingerprint density at radius 3 is 2.57 bits per heavy atom. The summed E-state index contributed by atoms with van der Waals surface area (Å²) in [5.41, 5.74) is 3.72. The van der Waals surface area contributed by atoms with Gasteiger partial charge in [0.25, 0.3) is 0 Å². The number of nitrogens with one attached hydrogen (secondary N) is 2. The summed E-state index contributed by atoms with van der Waals surface area (Å²) in [6.07, 6.45) is 2.01. The van der Waals surface area contributed by atoms with Gasteiger partial charge in [0.2, 0.25) is 5.91 Å². The van der Waals surface area contributed by atoms with Crippen LogP contribution in [0.25, 0.3) is 0 Å². The van der Waals surface area contributed by atoms with Crippen molar-refractivity contribution in [2.75, 3.05) is 13.6 Å². The fourth-order valence-corrected chi connectivity index (χ4v) is 3.17. The molecule has 3 amide bonds. The Labute approximate surface area is 138 Å². The SMILES string of the molecule is Cc1cc(C)cc(CC(C)NC(=O)NC2CCC(=O)N(C)C2)c1. The van der Waals surface area contributed by atoms with Crippen LogP contribution in [0.1, 0.15) is 36.5 Å². The maximum absolute atomic E-state index is 12.1. The molecular formula is C18H27N3O2. The van der Waals surface area contributed by atoms with Gasteiger partial charge >= 0.3 is 6.03 Å². The van der Waals surface area contributed by atoms with E-state index < -0.39 is 0 Å². The van der Waals surface area contributed by atoms with Crippen molar-refractivity contribution in [2.24, 2.45) is 0 Å². The lowest BCUT2D eigenvalue weighted by atomic mass is 10.0. The third-order valence-electron chi connectivity index (χ3n) is 4.16. The molecule has 1 aliphatic rings. The lowest BCUT2D eigenvalue weighted by molar-refractivity contribution is -0.132. The van der Waals surface area contributed by atoms with E-state index >= 15 is 0 Å². The minimum atomic E-state index is -0.158. The molecule has 0 radical (unpaired) electrons. The molecule has 1 aliphatic heterocycles. The van der Waals surface area contributed by atoms with Crippen molar-refractivity contribution >= 4 is 11.9 Å². The summed E-state index contributed by atoms with van der Waals surface area (Å²) in [6.45, 7) is 6.76. The van der Waals surface area contributed by atoms with Gasteiger partial charge in [-0.2, -0.15) is 0 Å². The molecule has 5 nitrogen and oxygen atoms in total. The first kappa shape index (κ1) is 17.3. The number of piperidine rings is 1. The van der Waals surface area contributed by atoms with Crippen LogP contribution in [0.15, 0.2) is 18.2 Å². The molecule has 126 valence electrons. The number of nitrogens with zero attached hydrogens (tertiary/aromatic N) is 1. The molecule has 23 heavy (non-hydrogen) atoms. The van der Waals surface area contributed by atoms with Gasteiger partial charge < -0.3 is 15.5 Å². The number of carbonyl (C=O) groups excluding carboxylic acids is 2. The smallest absolute Gasteiger partial charge is 0.315 e. The Morgan fingerprint density at radius 2 is 1.96 bits per heavy atom. The van der Waals surface area contributed by atoms with Gasteiger partial charge in [-0.25, -0.2) is 4.79 Å². The quantitative estimate of drug-likeness (QED) is 0.894. The zero-order valence-corrected chi connectivity index (χ0v) is 14.5. The number of hydrogen-bond acceptors (Lipinski definition) is 2. The largest absolute Gasteiger partial charge is 0.344 e. The summed E-state index contributed by atoms with van der Waals surface area (Å²) in [5.74, 6) is 0.145. The highest BCUT2D eigenvalue weighted by Crippen LogP contribution is 2.11. The Kier molecular flexibility index (Phi) is 5.64. The number of amides is 3. The van der Waals surface area contributed by atoms with Crippen LogP contribution in [-0.2, 0) is 11.2 Å². The maximum Gasteiger partial charge on any atom is 0.315 e. The second-order valence-electron chi connectivity index (χ2n) is 6.73. The summed E-state index contributed by atoms with van der Waals surface area (Å²) in [5, 5.41) is 5.95. The van der Waals surface area contributed by atoms with Gasteiger partial charge in [0.1, 0.15) is 0 Å². The van der Waals surface area contributed by atoms with E-state index in [1.807, 2.05) is 6.92 Å². The molecular weight excluding hydrogens is 290 g/mol. The molecule has 1 aromatic rings. The van der Waals surface area contributed by atoms with Gasteiger partial charge in [-0.05, 0) is 39.2 Å². The van der Waals surface area contributed by atoms with Crippen LogP contribution in [0.5, 0.6) is 0 Å². The van der Waals surface area contributed by atoms with E-state index in [0.717, 1.165) is 6.42 Å². The molecule has 0 aromatic heterocycles. The molecule has 0 bridgehead atoms. The normalized spacial score (nSPS) is 19.4. The maximum atomic E-state index is 12.1. The van der Waals surface area contributed by atoms with Crippen molar-refractivity contribution in [1.82, 2.24) is 15.5 Å². The molecule has 0 saturated carbocycles. The number of aryl methyl sites for hydroxylation is 2. The van der Waals surface area contributed by atoms with E-state index in [-0.39, 0.29) is 24.0 Å². The highest BCUT2D eigenvalue weighted by molar-refractivity contribution is 5.78. The molecule has 2 unspecified atom stereocenters. The number of likely N-dealkylation sites (tertiary alicyclic amines) is 1. The Balaban J connectivity index is 1.81. The predicted molar refractivity (Wildman–Crippen MR) is 91.4 cm³/mol. The van der Waals surface area contributed by atoms with E-state index in [2.05, 4.69) is 42.7 Å². The first-order chi connectivity index (χ1) is 10.8. The van der Waals surface area contributed by atoms with E-state index in [1.165, 1.54) is 16.7 Å². The molecule has 1 heterocycles. The van der Waals surface area contributed by atoms with Crippen molar-refractivity contribution in [1.29, 1.82) is 0 Å². The lowest BCUT2D eigenvalue weighted by Gasteiger charge is -2.30. The number of likely N-dealkylation sites (N-methyl/N-ethyl adjacent to an activating group) is 1. The molecule has 0 spiro atoms. The number of benzene rings is 1. The first-order valence-electron chi connectivity index (χ1n) is 8.21. The van der Waals surface area contributed by atoms with Crippen molar-refractivity contribution in [3.05, 3.63) is 34.9 Å². The van der Waals surface area contributed by atoms with Crippen LogP contribution >= 0.6 is 0 Å². The average Bonchev–Trinajstić information content (AvgIpc) is 2.41. The van der Waals surface area contributed by atoms with Crippen LogP contribution in [0, 0.1) is 13.8 Å². The van der Waals surface area contributed by atoms with E-state index in [4.69, 9.17) is 0 Å².